The highest BCUT2D eigenvalue weighted by atomic mass is 16.5. The summed E-state index contributed by atoms with van der Waals surface area (Å²) in [5.41, 5.74) is 7.05. The molecule has 1 aliphatic rings. The maximum absolute atomic E-state index is 6.01. The minimum absolute atomic E-state index is 0.134. The minimum atomic E-state index is 0.134. The van der Waals surface area contributed by atoms with Gasteiger partial charge >= 0.3 is 0 Å². The van der Waals surface area contributed by atoms with Crippen molar-refractivity contribution in [3.8, 4) is 5.75 Å². The summed E-state index contributed by atoms with van der Waals surface area (Å²) in [5, 5.41) is 0. The normalized spacial score (nSPS) is 19.2. The number of rotatable bonds is 3. The molecule has 66 valence electrons. The second-order valence-corrected chi connectivity index (χ2v) is 3.32. The van der Waals surface area contributed by atoms with Crippen molar-refractivity contribution in [3.63, 3.8) is 0 Å². The molecular formula is C9H14N2O. The molecule has 0 unspecified atom stereocenters. The lowest BCUT2D eigenvalue weighted by Gasteiger charge is -2.10. The maximum atomic E-state index is 6.01. The first-order valence-corrected chi connectivity index (χ1v) is 4.29. The maximum Gasteiger partial charge on any atom is 0.141 e. The smallest absolute Gasteiger partial charge is 0.141 e. The Hall–Kier alpha value is -0.960. The van der Waals surface area contributed by atoms with E-state index in [2.05, 4.69) is 4.98 Å². The quantitative estimate of drug-likeness (QED) is 0.713. The zero-order valence-electron chi connectivity index (χ0n) is 7.21. The van der Waals surface area contributed by atoms with E-state index in [1.807, 2.05) is 12.3 Å². The van der Waals surface area contributed by atoms with Gasteiger partial charge in [0.05, 0.1) is 18.8 Å². The van der Waals surface area contributed by atoms with Crippen LogP contribution in [-0.2, 0) is 0 Å². The molecule has 1 aliphatic carbocycles. The Morgan fingerprint density at radius 1 is 1.67 bits per heavy atom. The summed E-state index contributed by atoms with van der Waals surface area (Å²) in [6.07, 6.45) is 4.38. The van der Waals surface area contributed by atoms with Crippen LogP contribution in [0.2, 0.25) is 0 Å². The number of hydrogen-bond donors (Lipinski definition) is 2. The Morgan fingerprint density at radius 3 is 3.00 bits per heavy atom. The van der Waals surface area contributed by atoms with Crippen LogP contribution in [0.5, 0.6) is 5.75 Å². The summed E-state index contributed by atoms with van der Waals surface area (Å²) in [4.78, 5) is 3.13. The van der Waals surface area contributed by atoms with Crippen LogP contribution in [-0.4, -0.2) is 12.1 Å². The van der Waals surface area contributed by atoms with Gasteiger partial charge in [0.2, 0.25) is 0 Å². The van der Waals surface area contributed by atoms with Crippen LogP contribution < -0.4 is 10.5 Å². The Labute approximate surface area is 71.9 Å². The van der Waals surface area contributed by atoms with Gasteiger partial charge in [-0.05, 0) is 24.8 Å². The van der Waals surface area contributed by atoms with Crippen LogP contribution in [0.3, 0.4) is 0 Å². The zero-order valence-corrected chi connectivity index (χ0v) is 7.21. The van der Waals surface area contributed by atoms with Crippen molar-refractivity contribution in [1.82, 2.24) is 4.98 Å². The van der Waals surface area contributed by atoms with Gasteiger partial charge in [-0.3, -0.25) is 0 Å². The lowest BCUT2D eigenvalue weighted by molar-refractivity contribution is 0.403. The van der Waals surface area contributed by atoms with Gasteiger partial charge in [-0.25, -0.2) is 0 Å². The molecule has 1 fully saturated rings. The van der Waals surface area contributed by atoms with E-state index < -0.39 is 0 Å². The summed E-state index contributed by atoms with van der Waals surface area (Å²) in [7, 11) is 1.67. The number of nitrogens with one attached hydrogen (secondary N) is 1. The molecule has 0 spiro atoms. The van der Waals surface area contributed by atoms with Crippen molar-refractivity contribution >= 4 is 0 Å². The molecule has 12 heavy (non-hydrogen) atoms. The third-order valence-corrected chi connectivity index (χ3v) is 2.42. The van der Waals surface area contributed by atoms with E-state index in [9.17, 15) is 0 Å². The molecule has 2 rings (SSSR count). The lowest BCUT2D eigenvalue weighted by Crippen LogP contribution is -2.13. The van der Waals surface area contributed by atoms with Crippen molar-refractivity contribution in [1.29, 1.82) is 0 Å². The largest absolute Gasteiger partial charge is 0.495 e. The molecule has 0 amide bonds. The molecule has 0 radical (unpaired) electrons. The van der Waals surface area contributed by atoms with Gasteiger partial charge in [-0.1, -0.05) is 0 Å². The number of ether oxygens (including phenoxy) is 1. The Kier molecular flexibility index (Phi) is 1.81. The molecule has 3 nitrogen and oxygen atoms in total. The van der Waals surface area contributed by atoms with Crippen LogP contribution in [0, 0.1) is 5.92 Å². The van der Waals surface area contributed by atoms with Gasteiger partial charge < -0.3 is 15.5 Å². The molecule has 1 heterocycles. The summed E-state index contributed by atoms with van der Waals surface area (Å²) >= 11 is 0. The fourth-order valence-corrected chi connectivity index (χ4v) is 1.50. The van der Waals surface area contributed by atoms with Crippen LogP contribution in [0.25, 0.3) is 0 Å². The zero-order chi connectivity index (χ0) is 8.55. The van der Waals surface area contributed by atoms with Crippen molar-refractivity contribution < 1.29 is 4.74 Å². The van der Waals surface area contributed by atoms with Gasteiger partial charge in [-0.2, -0.15) is 0 Å². The van der Waals surface area contributed by atoms with E-state index in [0.717, 1.165) is 11.4 Å². The van der Waals surface area contributed by atoms with E-state index in [-0.39, 0.29) is 6.04 Å². The predicted octanol–water partition coefficient (Wildman–Crippen LogP) is 1.43. The van der Waals surface area contributed by atoms with Crippen molar-refractivity contribution in [2.24, 2.45) is 11.7 Å². The van der Waals surface area contributed by atoms with Crippen molar-refractivity contribution in [3.05, 3.63) is 18.0 Å². The van der Waals surface area contributed by atoms with Crippen LogP contribution >= 0.6 is 0 Å². The first-order chi connectivity index (χ1) is 5.83. The summed E-state index contributed by atoms with van der Waals surface area (Å²) in [6, 6.07) is 2.05. The van der Waals surface area contributed by atoms with Gasteiger partial charge in [0.1, 0.15) is 5.75 Å². The molecule has 0 bridgehead atoms. The molecule has 3 heteroatoms. The number of aromatic amines is 1. The fourth-order valence-electron chi connectivity index (χ4n) is 1.50. The van der Waals surface area contributed by atoms with Crippen molar-refractivity contribution in [2.45, 2.75) is 18.9 Å². The topological polar surface area (TPSA) is 51.0 Å². The van der Waals surface area contributed by atoms with Gasteiger partial charge in [0.25, 0.3) is 0 Å². The molecule has 1 saturated carbocycles. The monoisotopic (exact) mass is 166 g/mol. The summed E-state index contributed by atoms with van der Waals surface area (Å²) in [5.74, 6) is 1.55. The van der Waals surface area contributed by atoms with E-state index in [1.54, 1.807) is 7.11 Å². The fraction of sp³-hybridized carbons (Fsp3) is 0.556. The minimum Gasteiger partial charge on any atom is -0.495 e. The van der Waals surface area contributed by atoms with E-state index >= 15 is 0 Å². The average molecular weight is 166 g/mol. The van der Waals surface area contributed by atoms with Gasteiger partial charge in [0.15, 0.2) is 0 Å². The Morgan fingerprint density at radius 2 is 2.42 bits per heavy atom. The molecule has 0 aliphatic heterocycles. The molecule has 0 saturated heterocycles. The number of nitrogens with two attached hydrogens (primary N) is 1. The number of methoxy groups -OCH3 is 1. The highest BCUT2D eigenvalue weighted by molar-refractivity contribution is 5.31. The van der Waals surface area contributed by atoms with Crippen LogP contribution in [0.1, 0.15) is 24.6 Å². The molecule has 1 aromatic rings. The molecule has 0 aromatic carbocycles. The lowest BCUT2D eigenvalue weighted by atomic mass is 10.1. The van der Waals surface area contributed by atoms with Gasteiger partial charge in [0, 0.05) is 6.20 Å². The first-order valence-electron chi connectivity index (χ1n) is 4.29. The second kappa shape index (κ2) is 2.83. The Balaban J connectivity index is 2.19. The number of hydrogen-bond acceptors (Lipinski definition) is 2. The highest BCUT2D eigenvalue weighted by Crippen LogP contribution is 2.41. The van der Waals surface area contributed by atoms with E-state index in [1.165, 1.54) is 12.8 Å². The predicted molar refractivity (Wildman–Crippen MR) is 47.0 cm³/mol. The van der Waals surface area contributed by atoms with Crippen LogP contribution in [0.4, 0.5) is 0 Å². The molecule has 1 aromatic heterocycles. The summed E-state index contributed by atoms with van der Waals surface area (Å²) in [6.45, 7) is 0. The molecule has 3 N–H and O–H groups in total. The Bertz CT molecular complexity index is 265. The standard InChI is InChI=1S/C9H14N2O/c1-12-7-4-5-11-9(7)8(10)6-2-3-6/h4-6,8,11H,2-3,10H2,1H3/t8-/m0/s1. The van der Waals surface area contributed by atoms with Gasteiger partial charge in [-0.15, -0.1) is 0 Å². The molecule has 1 atom stereocenters. The second-order valence-electron chi connectivity index (χ2n) is 3.32. The third-order valence-electron chi connectivity index (χ3n) is 2.42. The van der Waals surface area contributed by atoms with E-state index in [4.69, 9.17) is 10.5 Å². The first kappa shape index (κ1) is 7.68. The highest BCUT2D eigenvalue weighted by Gasteiger charge is 2.31. The number of aromatic nitrogens is 1. The SMILES string of the molecule is COc1cc[nH]c1[C@@H](N)C1CC1. The number of H-pyrrole nitrogens is 1. The third kappa shape index (κ3) is 1.20. The average Bonchev–Trinajstić information content (AvgIpc) is 2.82. The molecular weight excluding hydrogens is 152 g/mol. The van der Waals surface area contributed by atoms with E-state index in [0.29, 0.717) is 5.92 Å². The summed E-state index contributed by atoms with van der Waals surface area (Å²) < 4.78 is 5.17. The van der Waals surface area contributed by atoms with Crippen molar-refractivity contribution in [2.75, 3.05) is 7.11 Å². The van der Waals surface area contributed by atoms with Crippen LogP contribution in [0.15, 0.2) is 12.3 Å².